The van der Waals surface area contributed by atoms with Gasteiger partial charge in [-0.2, -0.15) is 15.1 Å². The molecule has 8 nitrogen and oxygen atoms in total. The summed E-state index contributed by atoms with van der Waals surface area (Å²) < 4.78 is 0. The van der Waals surface area contributed by atoms with Crippen molar-refractivity contribution in [3.8, 4) is 0 Å². The van der Waals surface area contributed by atoms with E-state index in [2.05, 4.69) is 44.8 Å². The molecule has 0 saturated heterocycles. The van der Waals surface area contributed by atoms with Crippen LogP contribution in [0.2, 0.25) is 0 Å². The number of nitrogen functional groups attached to an aromatic ring is 1. The molecule has 0 radical (unpaired) electrons. The average Bonchev–Trinajstić information content (AvgIpc) is 2.94. The van der Waals surface area contributed by atoms with E-state index in [0.717, 1.165) is 18.2 Å². The van der Waals surface area contributed by atoms with Crippen molar-refractivity contribution in [2.45, 2.75) is 32.8 Å². The van der Waals surface area contributed by atoms with E-state index < -0.39 is 6.10 Å². The highest BCUT2D eigenvalue weighted by Crippen LogP contribution is 2.20. The van der Waals surface area contributed by atoms with Gasteiger partial charge in [0.05, 0.1) is 17.7 Å². The summed E-state index contributed by atoms with van der Waals surface area (Å²) in [5, 5.41) is 20.8. The van der Waals surface area contributed by atoms with Crippen LogP contribution in [0.25, 0.3) is 11.0 Å². The molecule has 0 aromatic carbocycles. The first-order chi connectivity index (χ1) is 9.69. The van der Waals surface area contributed by atoms with E-state index in [-0.39, 0.29) is 5.92 Å². The van der Waals surface area contributed by atoms with Crippen LogP contribution >= 0.6 is 0 Å². The van der Waals surface area contributed by atoms with Gasteiger partial charge in [0.25, 0.3) is 0 Å². The van der Waals surface area contributed by atoms with Gasteiger partial charge < -0.3 is 10.4 Å². The minimum atomic E-state index is -0.420. The molecule has 1 unspecified atom stereocenters. The lowest BCUT2D eigenvalue weighted by Crippen LogP contribution is -2.28. The van der Waals surface area contributed by atoms with Crippen molar-refractivity contribution in [3.05, 3.63) is 6.20 Å². The lowest BCUT2D eigenvalue weighted by molar-refractivity contribution is 0.114. The lowest BCUT2D eigenvalue weighted by Gasteiger charge is -2.20. The minimum absolute atomic E-state index is 0.274. The van der Waals surface area contributed by atoms with Crippen LogP contribution in [0.15, 0.2) is 6.20 Å². The Morgan fingerprint density at radius 1 is 1.35 bits per heavy atom. The number of hydrogen-bond donors (Lipinski definition) is 5. The first-order valence-electron chi connectivity index (χ1n) is 6.79. The number of rotatable bonds is 7. The maximum atomic E-state index is 10.1. The largest absolute Gasteiger partial charge is 0.391 e. The Morgan fingerprint density at radius 2 is 2.10 bits per heavy atom. The molecular weight excluding hydrogens is 258 g/mol. The van der Waals surface area contributed by atoms with Crippen LogP contribution in [-0.2, 0) is 0 Å². The van der Waals surface area contributed by atoms with Gasteiger partial charge in [0.15, 0.2) is 5.65 Å². The molecule has 8 heteroatoms. The molecule has 0 amide bonds. The summed E-state index contributed by atoms with van der Waals surface area (Å²) in [6, 6.07) is 0. The highest BCUT2D eigenvalue weighted by Gasteiger charge is 2.16. The van der Waals surface area contributed by atoms with Gasteiger partial charge in [-0.05, 0) is 5.92 Å². The Balaban J connectivity index is 2.14. The molecule has 0 bridgehead atoms. The number of hydrazine groups is 1. The van der Waals surface area contributed by atoms with Crippen molar-refractivity contribution in [1.82, 2.24) is 20.2 Å². The summed E-state index contributed by atoms with van der Waals surface area (Å²) in [6.07, 6.45) is 3.11. The zero-order valence-corrected chi connectivity index (χ0v) is 11.7. The minimum Gasteiger partial charge on any atom is -0.391 e. The number of aromatic nitrogens is 4. The normalized spacial score (nSPS) is 12.8. The summed E-state index contributed by atoms with van der Waals surface area (Å²) in [5.41, 5.74) is 3.00. The Hall–Kier alpha value is -1.93. The molecule has 0 aliphatic heterocycles. The van der Waals surface area contributed by atoms with Crippen LogP contribution in [0.4, 0.5) is 11.8 Å². The van der Waals surface area contributed by atoms with E-state index >= 15 is 0 Å². The highest BCUT2D eigenvalue weighted by atomic mass is 16.3. The number of nitrogens with one attached hydrogen (secondary N) is 3. The van der Waals surface area contributed by atoms with Crippen molar-refractivity contribution in [2.24, 2.45) is 11.8 Å². The Kier molecular flexibility index (Phi) is 4.70. The summed E-state index contributed by atoms with van der Waals surface area (Å²) in [5.74, 6) is 6.51. The van der Waals surface area contributed by atoms with E-state index in [0.29, 0.717) is 24.0 Å². The number of fused-ring (bicyclic) bond motifs is 1. The topological polar surface area (TPSA) is 125 Å². The maximum Gasteiger partial charge on any atom is 0.241 e. The Labute approximate surface area is 117 Å². The van der Waals surface area contributed by atoms with Gasteiger partial charge in [0, 0.05) is 6.54 Å². The number of nitrogens with zero attached hydrogens (tertiary/aromatic N) is 3. The van der Waals surface area contributed by atoms with Crippen molar-refractivity contribution in [3.63, 3.8) is 0 Å². The zero-order chi connectivity index (χ0) is 14.5. The third kappa shape index (κ3) is 2.97. The molecule has 0 spiro atoms. The van der Waals surface area contributed by atoms with Crippen LogP contribution in [0.1, 0.15) is 26.7 Å². The first-order valence-corrected chi connectivity index (χ1v) is 6.79. The second-order valence-corrected chi connectivity index (χ2v) is 4.70. The third-order valence-electron chi connectivity index (χ3n) is 3.51. The van der Waals surface area contributed by atoms with Gasteiger partial charge in [0.1, 0.15) is 5.82 Å². The fraction of sp³-hybridized carbons (Fsp3) is 0.583. The maximum absolute atomic E-state index is 10.1. The number of aliphatic hydroxyl groups is 1. The highest BCUT2D eigenvalue weighted by molar-refractivity contribution is 5.86. The zero-order valence-electron chi connectivity index (χ0n) is 11.7. The molecular formula is C12H21N7O. The molecule has 1 atom stereocenters. The van der Waals surface area contributed by atoms with Crippen LogP contribution in [0.3, 0.4) is 0 Å². The Morgan fingerprint density at radius 3 is 2.75 bits per heavy atom. The number of aromatic amines is 1. The van der Waals surface area contributed by atoms with Gasteiger partial charge in [-0.25, -0.2) is 5.84 Å². The van der Waals surface area contributed by atoms with E-state index in [1.165, 1.54) is 0 Å². The monoisotopic (exact) mass is 279 g/mol. The smallest absolute Gasteiger partial charge is 0.241 e. The van der Waals surface area contributed by atoms with Crippen LogP contribution in [-0.4, -0.2) is 37.9 Å². The summed E-state index contributed by atoms with van der Waals surface area (Å²) in [4.78, 5) is 8.39. The Bertz CT molecular complexity index is 552. The van der Waals surface area contributed by atoms with Crippen molar-refractivity contribution in [1.29, 1.82) is 0 Å². The third-order valence-corrected chi connectivity index (χ3v) is 3.51. The van der Waals surface area contributed by atoms with Crippen molar-refractivity contribution < 1.29 is 5.11 Å². The van der Waals surface area contributed by atoms with Crippen LogP contribution in [0.5, 0.6) is 0 Å². The number of hydrogen-bond acceptors (Lipinski definition) is 7. The van der Waals surface area contributed by atoms with Gasteiger partial charge in [-0.3, -0.25) is 10.5 Å². The van der Waals surface area contributed by atoms with E-state index in [4.69, 9.17) is 5.84 Å². The van der Waals surface area contributed by atoms with Crippen LogP contribution in [0, 0.1) is 5.92 Å². The summed E-state index contributed by atoms with van der Waals surface area (Å²) >= 11 is 0. The standard InChI is InChI=1S/C12H21N7O/c1-3-7(4-2)9(20)6-14-10-8-5-15-19-11(8)17-12(16-10)18-13/h5,7,9,20H,3-4,6,13H2,1-2H3,(H3,14,15,16,17,18,19). The lowest BCUT2D eigenvalue weighted by atomic mass is 9.96. The van der Waals surface area contributed by atoms with Gasteiger partial charge >= 0.3 is 0 Å². The van der Waals surface area contributed by atoms with Gasteiger partial charge in [-0.1, -0.05) is 26.7 Å². The predicted molar refractivity (Wildman–Crippen MR) is 78.1 cm³/mol. The predicted octanol–water partition coefficient (Wildman–Crippen LogP) is 0.848. The second-order valence-electron chi connectivity index (χ2n) is 4.70. The van der Waals surface area contributed by atoms with Gasteiger partial charge in [-0.15, -0.1) is 0 Å². The molecule has 0 fully saturated rings. The van der Waals surface area contributed by atoms with Gasteiger partial charge in [0.2, 0.25) is 5.95 Å². The number of aliphatic hydroxyl groups excluding tert-OH is 1. The molecule has 2 aromatic heterocycles. The molecule has 110 valence electrons. The molecule has 0 saturated carbocycles. The number of H-pyrrole nitrogens is 1. The molecule has 20 heavy (non-hydrogen) atoms. The van der Waals surface area contributed by atoms with E-state index in [9.17, 15) is 5.11 Å². The number of anilines is 2. The summed E-state index contributed by atoms with van der Waals surface area (Å²) in [7, 11) is 0. The number of nitrogens with two attached hydrogens (primary N) is 1. The average molecular weight is 279 g/mol. The second kappa shape index (κ2) is 6.49. The van der Waals surface area contributed by atoms with Crippen molar-refractivity contribution in [2.75, 3.05) is 17.3 Å². The fourth-order valence-electron chi connectivity index (χ4n) is 2.23. The molecule has 2 rings (SSSR count). The SMILES string of the molecule is CCC(CC)C(O)CNc1nc(NN)nc2[nH]ncc12. The molecule has 0 aliphatic carbocycles. The molecule has 2 heterocycles. The summed E-state index contributed by atoms with van der Waals surface area (Å²) in [6.45, 7) is 4.58. The van der Waals surface area contributed by atoms with Crippen molar-refractivity contribution >= 4 is 22.8 Å². The molecule has 2 aromatic rings. The van der Waals surface area contributed by atoms with E-state index in [1.807, 2.05) is 0 Å². The first kappa shape index (κ1) is 14.5. The fourth-order valence-corrected chi connectivity index (χ4v) is 2.23. The van der Waals surface area contributed by atoms with Crippen LogP contribution < -0.4 is 16.6 Å². The quantitative estimate of drug-likeness (QED) is 0.376. The molecule has 0 aliphatic rings. The molecule has 6 N–H and O–H groups in total. The van der Waals surface area contributed by atoms with E-state index in [1.54, 1.807) is 6.20 Å².